The average molecular weight is 264 g/mol. The van der Waals surface area contributed by atoms with Crippen LogP contribution in [-0.2, 0) is 6.42 Å². The van der Waals surface area contributed by atoms with Gasteiger partial charge in [0.2, 0.25) is 5.78 Å². The molecule has 0 spiro atoms. The van der Waals surface area contributed by atoms with Gasteiger partial charge in [-0.2, -0.15) is 0 Å². The summed E-state index contributed by atoms with van der Waals surface area (Å²) in [6.45, 7) is 4.12. The quantitative estimate of drug-likeness (QED) is 0.650. The molecule has 0 fully saturated rings. The summed E-state index contributed by atoms with van der Waals surface area (Å²) in [5.41, 5.74) is 3.80. The molecule has 0 atom stereocenters. The van der Waals surface area contributed by atoms with Crippen LogP contribution in [0.4, 0.5) is 0 Å². The van der Waals surface area contributed by atoms with Gasteiger partial charge in [0.25, 0.3) is 0 Å². The lowest BCUT2D eigenvalue weighted by Gasteiger charge is -1.99. The lowest BCUT2D eigenvalue weighted by molar-refractivity contribution is 0.101. The Morgan fingerprint density at radius 1 is 1.05 bits per heavy atom. The fourth-order valence-corrected chi connectivity index (χ4v) is 2.31. The summed E-state index contributed by atoms with van der Waals surface area (Å²) in [4.78, 5) is 12.4. The fourth-order valence-electron chi connectivity index (χ4n) is 2.31. The molecule has 1 heterocycles. The van der Waals surface area contributed by atoms with Crippen molar-refractivity contribution >= 4 is 16.8 Å². The zero-order chi connectivity index (χ0) is 14.1. The third kappa shape index (κ3) is 2.25. The second kappa shape index (κ2) is 4.97. The lowest BCUT2D eigenvalue weighted by Crippen LogP contribution is -1.99. The summed E-state index contributed by atoms with van der Waals surface area (Å²) in [5.74, 6) is 0.330. The van der Waals surface area contributed by atoms with Crippen LogP contribution < -0.4 is 0 Å². The van der Waals surface area contributed by atoms with Gasteiger partial charge in [0, 0.05) is 10.9 Å². The number of benzene rings is 2. The normalized spacial score (nSPS) is 10.9. The standard InChI is InChI=1S/C18H16O2/c1-3-13-5-7-14(8-6-13)18(19)17-11-15-10-12(2)4-9-16(15)20-17/h4-11H,3H2,1-2H3. The number of hydrogen-bond donors (Lipinski definition) is 0. The molecule has 0 saturated carbocycles. The van der Waals surface area contributed by atoms with E-state index in [1.807, 2.05) is 55.5 Å². The van der Waals surface area contributed by atoms with Crippen LogP contribution in [0.25, 0.3) is 11.0 Å². The van der Waals surface area contributed by atoms with Gasteiger partial charge in [-0.05, 0) is 37.1 Å². The van der Waals surface area contributed by atoms with Crippen LogP contribution in [0.2, 0.25) is 0 Å². The Morgan fingerprint density at radius 3 is 2.50 bits per heavy atom. The third-order valence-electron chi connectivity index (χ3n) is 3.52. The van der Waals surface area contributed by atoms with Gasteiger partial charge < -0.3 is 4.42 Å². The van der Waals surface area contributed by atoms with Crippen LogP contribution >= 0.6 is 0 Å². The predicted molar refractivity (Wildman–Crippen MR) is 80.2 cm³/mol. The second-order valence-electron chi connectivity index (χ2n) is 5.03. The van der Waals surface area contributed by atoms with Crippen molar-refractivity contribution in [2.45, 2.75) is 20.3 Å². The number of aryl methyl sites for hydroxylation is 2. The minimum Gasteiger partial charge on any atom is -0.453 e. The van der Waals surface area contributed by atoms with Gasteiger partial charge in [0.05, 0.1) is 0 Å². The first-order chi connectivity index (χ1) is 9.67. The molecule has 0 unspecified atom stereocenters. The van der Waals surface area contributed by atoms with E-state index >= 15 is 0 Å². The van der Waals surface area contributed by atoms with Crippen molar-refractivity contribution < 1.29 is 9.21 Å². The van der Waals surface area contributed by atoms with E-state index in [2.05, 4.69) is 6.92 Å². The molecule has 0 aliphatic carbocycles. The third-order valence-corrected chi connectivity index (χ3v) is 3.52. The van der Waals surface area contributed by atoms with E-state index in [9.17, 15) is 4.79 Å². The SMILES string of the molecule is CCc1ccc(C(=O)c2cc3cc(C)ccc3o2)cc1. The minimum absolute atomic E-state index is 0.0680. The van der Waals surface area contributed by atoms with Gasteiger partial charge in [-0.25, -0.2) is 0 Å². The van der Waals surface area contributed by atoms with Crippen molar-refractivity contribution in [1.82, 2.24) is 0 Å². The first-order valence-corrected chi connectivity index (χ1v) is 6.81. The molecule has 0 bridgehead atoms. The number of hydrogen-bond acceptors (Lipinski definition) is 2. The van der Waals surface area contributed by atoms with E-state index in [1.165, 1.54) is 5.56 Å². The summed E-state index contributed by atoms with van der Waals surface area (Å²) in [7, 11) is 0. The Labute approximate surface area is 118 Å². The van der Waals surface area contributed by atoms with Crippen LogP contribution in [0.5, 0.6) is 0 Å². The van der Waals surface area contributed by atoms with Crippen LogP contribution in [0, 0.1) is 6.92 Å². The Balaban J connectivity index is 1.98. The molecular formula is C18H16O2. The van der Waals surface area contributed by atoms with Gasteiger partial charge in [-0.15, -0.1) is 0 Å². The monoisotopic (exact) mass is 264 g/mol. The van der Waals surface area contributed by atoms with E-state index in [4.69, 9.17) is 4.42 Å². The van der Waals surface area contributed by atoms with E-state index in [0.717, 1.165) is 23.0 Å². The maximum absolute atomic E-state index is 12.4. The van der Waals surface area contributed by atoms with Crippen molar-refractivity contribution in [1.29, 1.82) is 0 Å². The molecule has 100 valence electrons. The average Bonchev–Trinajstić information content (AvgIpc) is 2.89. The summed E-state index contributed by atoms with van der Waals surface area (Å²) in [5, 5.41) is 0.971. The van der Waals surface area contributed by atoms with Crippen molar-refractivity contribution in [3.63, 3.8) is 0 Å². The first kappa shape index (κ1) is 12.7. The van der Waals surface area contributed by atoms with Gasteiger partial charge >= 0.3 is 0 Å². The zero-order valence-corrected chi connectivity index (χ0v) is 11.6. The topological polar surface area (TPSA) is 30.2 Å². The van der Waals surface area contributed by atoms with Crippen LogP contribution in [0.1, 0.15) is 34.2 Å². The van der Waals surface area contributed by atoms with Crippen LogP contribution in [0.3, 0.4) is 0 Å². The number of furan rings is 1. The van der Waals surface area contributed by atoms with Crippen LogP contribution in [-0.4, -0.2) is 5.78 Å². The fraction of sp³-hybridized carbons (Fsp3) is 0.167. The van der Waals surface area contributed by atoms with Gasteiger partial charge in [0.15, 0.2) is 5.76 Å². The molecule has 3 rings (SSSR count). The molecule has 2 heteroatoms. The van der Waals surface area contributed by atoms with Crippen molar-refractivity contribution in [2.24, 2.45) is 0 Å². The van der Waals surface area contributed by atoms with Crippen molar-refractivity contribution in [3.8, 4) is 0 Å². The molecule has 0 saturated heterocycles. The van der Waals surface area contributed by atoms with Crippen LogP contribution in [0.15, 0.2) is 52.9 Å². The van der Waals surface area contributed by atoms with Gasteiger partial charge in [-0.1, -0.05) is 42.8 Å². The second-order valence-corrected chi connectivity index (χ2v) is 5.03. The Kier molecular flexibility index (Phi) is 3.15. The number of carbonyl (C=O) groups is 1. The lowest BCUT2D eigenvalue weighted by atomic mass is 10.1. The highest BCUT2D eigenvalue weighted by Gasteiger charge is 2.14. The number of carbonyl (C=O) groups excluding carboxylic acids is 1. The zero-order valence-electron chi connectivity index (χ0n) is 11.6. The summed E-state index contributed by atoms with van der Waals surface area (Å²) >= 11 is 0. The Morgan fingerprint density at radius 2 is 1.80 bits per heavy atom. The highest BCUT2D eigenvalue weighted by molar-refractivity contribution is 6.09. The first-order valence-electron chi connectivity index (χ1n) is 6.81. The highest BCUT2D eigenvalue weighted by Crippen LogP contribution is 2.22. The number of rotatable bonds is 3. The maximum Gasteiger partial charge on any atom is 0.228 e. The molecule has 0 amide bonds. The predicted octanol–water partition coefficient (Wildman–Crippen LogP) is 4.53. The van der Waals surface area contributed by atoms with E-state index in [-0.39, 0.29) is 5.78 Å². The smallest absolute Gasteiger partial charge is 0.228 e. The molecule has 2 aromatic carbocycles. The summed E-state index contributed by atoms with van der Waals surface area (Å²) in [6, 6.07) is 15.4. The molecule has 0 N–H and O–H groups in total. The molecule has 0 radical (unpaired) electrons. The number of fused-ring (bicyclic) bond motifs is 1. The molecular weight excluding hydrogens is 248 g/mol. The van der Waals surface area contributed by atoms with Gasteiger partial charge in [0.1, 0.15) is 5.58 Å². The minimum atomic E-state index is -0.0680. The molecule has 0 aliphatic heterocycles. The highest BCUT2D eigenvalue weighted by atomic mass is 16.3. The Hall–Kier alpha value is -2.35. The molecule has 3 aromatic rings. The Bertz CT molecular complexity index is 764. The summed E-state index contributed by atoms with van der Waals surface area (Å²) < 4.78 is 5.65. The van der Waals surface area contributed by atoms with E-state index in [0.29, 0.717) is 11.3 Å². The van der Waals surface area contributed by atoms with E-state index in [1.54, 1.807) is 0 Å². The molecule has 0 aliphatic rings. The molecule has 20 heavy (non-hydrogen) atoms. The van der Waals surface area contributed by atoms with E-state index < -0.39 is 0 Å². The molecule has 1 aromatic heterocycles. The summed E-state index contributed by atoms with van der Waals surface area (Å²) in [6.07, 6.45) is 0.971. The van der Waals surface area contributed by atoms with Gasteiger partial charge in [-0.3, -0.25) is 4.79 Å². The van der Waals surface area contributed by atoms with Crippen molar-refractivity contribution in [3.05, 3.63) is 71.0 Å². The molecule has 2 nitrogen and oxygen atoms in total. The maximum atomic E-state index is 12.4. The van der Waals surface area contributed by atoms with Crippen molar-refractivity contribution in [2.75, 3.05) is 0 Å². The largest absolute Gasteiger partial charge is 0.453 e. The number of ketones is 1.